The molecule has 5 N–H and O–H groups in total. The van der Waals surface area contributed by atoms with Gasteiger partial charge < -0.3 is 25.7 Å². The molecule has 2 aromatic carbocycles. The average molecular weight is 387 g/mol. The zero-order chi connectivity index (χ0) is 20.5. The number of ketones is 1. The van der Waals surface area contributed by atoms with E-state index in [1.54, 1.807) is 0 Å². The van der Waals surface area contributed by atoms with Gasteiger partial charge in [-0.05, 0) is 49.2 Å². The first-order chi connectivity index (χ1) is 13.4. The van der Waals surface area contributed by atoms with Crippen molar-refractivity contribution in [2.75, 3.05) is 6.54 Å². The summed E-state index contributed by atoms with van der Waals surface area (Å²) >= 11 is 0. The normalized spacial score (nSPS) is 10.6. The van der Waals surface area contributed by atoms with Gasteiger partial charge in [-0.2, -0.15) is 0 Å². The van der Waals surface area contributed by atoms with E-state index in [0.717, 1.165) is 32.1 Å². The van der Waals surface area contributed by atoms with Crippen LogP contribution in [-0.4, -0.2) is 38.7 Å². The number of hydrogen-bond acceptors (Lipinski definition) is 6. The Hall–Kier alpha value is -3.22. The van der Waals surface area contributed by atoms with Crippen LogP contribution in [0.1, 0.15) is 59.2 Å². The smallest absolute Gasteiger partial charge is 0.251 e. The van der Waals surface area contributed by atoms with E-state index in [1.807, 2.05) is 0 Å². The number of phenolic OH excluding ortho intramolecular Hbond substituents is 4. The number of amides is 1. The van der Waals surface area contributed by atoms with Crippen molar-refractivity contribution in [2.45, 2.75) is 38.5 Å². The lowest BCUT2D eigenvalue weighted by molar-refractivity contribution is 0.0949. The van der Waals surface area contributed by atoms with Crippen molar-refractivity contribution in [3.63, 3.8) is 0 Å². The van der Waals surface area contributed by atoms with Crippen molar-refractivity contribution in [1.29, 1.82) is 0 Å². The molecule has 0 aromatic heterocycles. The number of aromatic hydroxyl groups is 4. The van der Waals surface area contributed by atoms with Gasteiger partial charge in [0, 0.05) is 24.1 Å². The Morgan fingerprint density at radius 3 is 1.86 bits per heavy atom. The fourth-order valence-electron chi connectivity index (χ4n) is 2.75. The Labute approximate surface area is 163 Å². The summed E-state index contributed by atoms with van der Waals surface area (Å²) in [4.78, 5) is 23.9. The highest BCUT2D eigenvalue weighted by molar-refractivity contribution is 5.96. The average Bonchev–Trinajstić information content (AvgIpc) is 2.67. The van der Waals surface area contributed by atoms with Crippen LogP contribution in [0.25, 0.3) is 0 Å². The minimum atomic E-state index is -0.329. The van der Waals surface area contributed by atoms with Crippen LogP contribution in [-0.2, 0) is 0 Å². The molecule has 0 unspecified atom stereocenters. The number of Topliss-reactive ketones (excluding diaryl/α,β-unsaturated/α-hetero) is 1. The lowest BCUT2D eigenvalue weighted by atomic mass is 10.0. The first-order valence-electron chi connectivity index (χ1n) is 9.24. The summed E-state index contributed by atoms with van der Waals surface area (Å²) in [5.74, 6) is -1.51. The number of nitrogens with one attached hydrogen (secondary N) is 1. The Kier molecular flexibility index (Phi) is 7.68. The summed E-state index contributed by atoms with van der Waals surface area (Å²) in [6.45, 7) is 0.506. The molecule has 0 saturated heterocycles. The fraction of sp³-hybridized carbons (Fsp3) is 0.333. The molecule has 150 valence electrons. The standard InChI is InChI=1S/C21H25NO6/c23-16(14-7-9-17(24)19(26)12-14)6-4-2-1-3-5-11-22-21(28)15-8-10-18(25)20(27)13-15/h7-10,12-13,24-27H,1-6,11H2,(H,22,28). The summed E-state index contributed by atoms with van der Waals surface area (Å²) in [6.07, 6.45) is 4.65. The van der Waals surface area contributed by atoms with Crippen LogP contribution < -0.4 is 5.32 Å². The van der Waals surface area contributed by atoms with Crippen LogP contribution in [0.3, 0.4) is 0 Å². The number of benzene rings is 2. The second-order valence-electron chi connectivity index (χ2n) is 6.60. The van der Waals surface area contributed by atoms with E-state index < -0.39 is 0 Å². The molecule has 0 fully saturated rings. The molecular formula is C21H25NO6. The molecule has 0 heterocycles. The second kappa shape index (κ2) is 10.2. The third-order valence-electron chi connectivity index (χ3n) is 4.40. The second-order valence-corrected chi connectivity index (χ2v) is 6.60. The number of carbonyl (C=O) groups is 2. The molecule has 2 rings (SSSR count). The highest BCUT2D eigenvalue weighted by Crippen LogP contribution is 2.26. The topological polar surface area (TPSA) is 127 Å². The molecular weight excluding hydrogens is 362 g/mol. The van der Waals surface area contributed by atoms with Crippen molar-refractivity contribution in [2.24, 2.45) is 0 Å². The maximum absolute atomic E-state index is 12.0. The van der Waals surface area contributed by atoms with Gasteiger partial charge >= 0.3 is 0 Å². The van der Waals surface area contributed by atoms with Crippen LogP contribution in [0.2, 0.25) is 0 Å². The number of rotatable bonds is 10. The Morgan fingerprint density at radius 2 is 1.21 bits per heavy atom. The molecule has 0 saturated carbocycles. The first kappa shape index (κ1) is 21.1. The predicted octanol–water partition coefficient (Wildman–Crippen LogP) is 3.46. The van der Waals surface area contributed by atoms with Gasteiger partial charge in [-0.1, -0.05) is 19.3 Å². The molecule has 0 spiro atoms. The van der Waals surface area contributed by atoms with Crippen LogP contribution in [0.15, 0.2) is 36.4 Å². The Bertz CT molecular complexity index is 764. The van der Waals surface area contributed by atoms with Crippen molar-refractivity contribution in [3.8, 4) is 23.0 Å². The molecule has 0 aliphatic heterocycles. The van der Waals surface area contributed by atoms with E-state index in [-0.39, 0.29) is 40.3 Å². The number of phenols is 4. The molecule has 7 heteroatoms. The van der Waals surface area contributed by atoms with Gasteiger partial charge in [-0.15, -0.1) is 0 Å². The molecule has 1 amide bonds. The Balaban J connectivity index is 1.56. The minimum Gasteiger partial charge on any atom is -0.504 e. The maximum atomic E-state index is 12.0. The van der Waals surface area contributed by atoms with E-state index in [2.05, 4.69) is 5.32 Å². The molecule has 0 radical (unpaired) electrons. The summed E-state index contributed by atoms with van der Waals surface area (Å²) in [5.41, 5.74) is 0.673. The van der Waals surface area contributed by atoms with Gasteiger partial charge in [0.1, 0.15) is 0 Å². The number of carbonyl (C=O) groups excluding carboxylic acids is 2. The zero-order valence-electron chi connectivity index (χ0n) is 15.5. The van der Waals surface area contributed by atoms with Gasteiger partial charge in [-0.3, -0.25) is 9.59 Å². The predicted molar refractivity (Wildman–Crippen MR) is 104 cm³/mol. The van der Waals surface area contributed by atoms with Crippen LogP contribution >= 0.6 is 0 Å². The van der Waals surface area contributed by atoms with Crippen molar-refractivity contribution < 1.29 is 30.0 Å². The van der Waals surface area contributed by atoms with Gasteiger partial charge in [0.05, 0.1) is 0 Å². The molecule has 2 aromatic rings. The van der Waals surface area contributed by atoms with E-state index in [0.29, 0.717) is 18.5 Å². The number of hydrogen-bond donors (Lipinski definition) is 5. The number of unbranched alkanes of at least 4 members (excludes halogenated alkanes) is 4. The SMILES string of the molecule is O=C(CCCCCCCNC(=O)c1ccc(O)c(O)c1)c1ccc(O)c(O)c1. The van der Waals surface area contributed by atoms with E-state index >= 15 is 0 Å². The maximum Gasteiger partial charge on any atom is 0.251 e. The fourth-order valence-corrected chi connectivity index (χ4v) is 2.75. The summed E-state index contributed by atoms with van der Waals surface area (Å²) in [5, 5.41) is 40.1. The lowest BCUT2D eigenvalue weighted by Crippen LogP contribution is -2.24. The largest absolute Gasteiger partial charge is 0.504 e. The van der Waals surface area contributed by atoms with Gasteiger partial charge in [0.15, 0.2) is 28.8 Å². The molecule has 0 aliphatic carbocycles. The highest BCUT2D eigenvalue weighted by Gasteiger charge is 2.09. The molecule has 0 bridgehead atoms. The quantitative estimate of drug-likeness (QED) is 0.241. The van der Waals surface area contributed by atoms with Crippen LogP contribution in [0.5, 0.6) is 23.0 Å². The Morgan fingerprint density at radius 1 is 0.679 bits per heavy atom. The molecule has 28 heavy (non-hydrogen) atoms. The van der Waals surface area contributed by atoms with Crippen molar-refractivity contribution in [3.05, 3.63) is 47.5 Å². The highest BCUT2D eigenvalue weighted by atomic mass is 16.3. The van der Waals surface area contributed by atoms with Crippen molar-refractivity contribution >= 4 is 11.7 Å². The van der Waals surface area contributed by atoms with E-state index in [9.17, 15) is 30.0 Å². The van der Waals surface area contributed by atoms with Crippen molar-refractivity contribution in [1.82, 2.24) is 5.32 Å². The van der Waals surface area contributed by atoms with E-state index in [4.69, 9.17) is 0 Å². The first-order valence-corrected chi connectivity index (χ1v) is 9.24. The third kappa shape index (κ3) is 6.19. The van der Waals surface area contributed by atoms with E-state index in [1.165, 1.54) is 36.4 Å². The minimum absolute atomic E-state index is 0.0697. The molecule has 7 nitrogen and oxygen atoms in total. The zero-order valence-corrected chi connectivity index (χ0v) is 15.5. The summed E-state index contributed by atoms with van der Waals surface area (Å²) in [6, 6.07) is 7.99. The lowest BCUT2D eigenvalue weighted by Gasteiger charge is -2.06. The monoisotopic (exact) mass is 387 g/mol. The van der Waals surface area contributed by atoms with Crippen LogP contribution in [0.4, 0.5) is 0 Å². The summed E-state index contributed by atoms with van der Waals surface area (Å²) < 4.78 is 0. The van der Waals surface area contributed by atoms with Gasteiger partial charge in [0.2, 0.25) is 0 Å². The third-order valence-corrected chi connectivity index (χ3v) is 4.40. The molecule has 0 aliphatic rings. The van der Waals surface area contributed by atoms with Crippen LogP contribution in [0, 0.1) is 0 Å². The molecule has 0 atom stereocenters. The summed E-state index contributed by atoms with van der Waals surface area (Å²) in [7, 11) is 0. The van der Waals surface area contributed by atoms with Gasteiger partial charge in [-0.25, -0.2) is 0 Å². The van der Waals surface area contributed by atoms with Gasteiger partial charge in [0.25, 0.3) is 5.91 Å².